The molecule has 0 aliphatic carbocycles. The third-order valence-electron chi connectivity index (χ3n) is 4.72. The summed E-state index contributed by atoms with van der Waals surface area (Å²) in [6.07, 6.45) is 1.39. The summed E-state index contributed by atoms with van der Waals surface area (Å²) in [6.45, 7) is 1.56. The molecular formula is C25H26N4O6S. The number of carbonyl (C=O) groups is 2. The van der Waals surface area contributed by atoms with Crippen LogP contribution in [0.25, 0.3) is 0 Å². The Kier molecular flexibility index (Phi) is 9.01. The van der Waals surface area contributed by atoms with Crippen LogP contribution in [-0.4, -0.2) is 46.2 Å². The number of rotatable bonds is 12. The van der Waals surface area contributed by atoms with Crippen molar-refractivity contribution in [2.75, 3.05) is 24.1 Å². The molecule has 0 saturated heterocycles. The standard InChI is InChI=1S/C25H26N4O6S/c1-2-34-21-12-14-23(15-13-21)36(32,33)29(20-6-4-3-5-7-20)17-25(31)28-27-16-19-8-10-22(11-9-19)35-18-24(26)30/h3-16H,2,17-18H2,1H3,(H2,26,30)(H,28,31)/b27-16+. The van der Waals surface area contributed by atoms with Gasteiger partial charge in [0.1, 0.15) is 18.0 Å². The Balaban J connectivity index is 1.71. The van der Waals surface area contributed by atoms with Gasteiger partial charge in [0.05, 0.1) is 23.4 Å². The summed E-state index contributed by atoms with van der Waals surface area (Å²) >= 11 is 0. The third-order valence-corrected chi connectivity index (χ3v) is 6.51. The van der Waals surface area contributed by atoms with Crippen molar-refractivity contribution in [1.29, 1.82) is 0 Å². The van der Waals surface area contributed by atoms with Gasteiger partial charge in [-0.05, 0) is 73.2 Å². The van der Waals surface area contributed by atoms with E-state index >= 15 is 0 Å². The van der Waals surface area contributed by atoms with E-state index in [1.165, 1.54) is 18.3 Å². The molecule has 0 saturated carbocycles. The van der Waals surface area contributed by atoms with Gasteiger partial charge < -0.3 is 15.2 Å². The minimum Gasteiger partial charge on any atom is -0.494 e. The molecule has 0 heterocycles. The molecule has 3 rings (SSSR count). The second-order valence-corrected chi connectivity index (χ2v) is 9.23. The first-order valence-corrected chi connectivity index (χ1v) is 12.4. The molecule has 10 nitrogen and oxygen atoms in total. The van der Waals surface area contributed by atoms with Crippen LogP contribution in [0.1, 0.15) is 12.5 Å². The zero-order chi connectivity index (χ0) is 26.0. The van der Waals surface area contributed by atoms with Crippen molar-refractivity contribution in [2.45, 2.75) is 11.8 Å². The minimum absolute atomic E-state index is 0.0183. The number of hydrogen-bond acceptors (Lipinski definition) is 7. The maximum atomic E-state index is 13.4. The predicted molar refractivity (Wildman–Crippen MR) is 135 cm³/mol. The van der Waals surface area contributed by atoms with E-state index in [0.29, 0.717) is 29.4 Å². The van der Waals surface area contributed by atoms with Crippen molar-refractivity contribution < 1.29 is 27.5 Å². The van der Waals surface area contributed by atoms with E-state index in [1.54, 1.807) is 66.7 Å². The highest BCUT2D eigenvalue weighted by molar-refractivity contribution is 7.92. The lowest BCUT2D eigenvalue weighted by Gasteiger charge is -2.23. The molecule has 2 amide bonds. The molecule has 0 fully saturated rings. The highest BCUT2D eigenvalue weighted by Crippen LogP contribution is 2.25. The molecule has 3 aromatic carbocycles. The average Bonchev–Trinajstić information content (AvgIpc) is 2.88. The first-order chi connectivity index (χ1) is 17.3. The number of hydrazone groups is 1. The lowest BCUT2D eigenvalue weighted by molar-refractivity contribution is -0.120. The fraction of sp³-hybridized carbons (Fsp3) is 0.160. The van der Waals surface area contributed by atoms with Crippen molar-refractivity contribution >= 4 is 33.7 Å². The Morgan fingerprint density at radius 1 is 0.944 bits per heavy atom. The molecule has 0 spiro atoms. The van der Waals surface area contributed by atoms with Gasteiger partial charge in [-0.25, -0.2) is 13.8 Å². The second kappa shape index (κ2) is 12.4. The Morgan fingerprint density at radius 3 is 2.17 bits per heavy atom. The van der Waals surface area contributed by atoms with Gasteiger partial charge in [-0.2, -0.15) is 5.10 Å². The van der Waals surface area contributed by atoms with Crippen LogP contribution in [0.3, 0.4) is 0 Å². The van der Waals surface area contributed by atoms with Crippen LogP contribution in [0.4, 0.5) is 5.69 Å². The van der Waals surface area contributed by atoms with Gasteiger partial charge in [0.15, 0.2) is 6.61 Å². The summed E-state index contributed by atoms with van der Waals surface area (Å²) in [4.78, 5) is 23.4. The van der Waals surface area contributed by atoms with E-state index in [4.69, 9.17) is 15.2 Å². The SMILES string of the molecule is CCOc1ccc(S(=O)(=O)N(CC(=O)N/N=C/c2ccc(OCC(N)=O)cc2)c2ccccc2)cc1. The monoisotopic (exact) mass is 510 g/mol. The molecule has 0 aromatic heterocycles. The number of ether oxygens (including phenoxy) is 2. The van der Waals surface area contributed by atoms with Gasteiger partial charge in [0.25, 0.3) is 21.8 Å². The summed E-state index contributed by atoms with van der Waals surface area (Å²) in [6, 6.07) is 20.9. The number of primary amides is 1. The quantitative estimate of drug-likeness (QED) is 0.283. The summed E-state index contributed by atoms with van der Waals surface area (Å²) in [5, 5.41) is 3.90. The fourth-order valence-electron chi connectivity index (χ4n) is 3.06. The zero-order valence-electron chi connectivity index (χ0n) is 19.5. The van der Waals surface area contributed by atoms with Gasteiger partial charge >= 0.3 is 0 Å². The van der Waals surface area contributed by atoms with E-state index in [-0.39, 0.29) is 11.5 Å². The van der Waals surface area contributed by atoms with Gasteiger partial charge in [-0.15, -0.1) is 0 Å². The molecular weight excluding hydrogens is 484 g/mol. The molecule has 0 bridgehead atoms. The smallest absolute Gasteiger partial charge is 0.264 e. The number of nitrogens with two attached hydrogens (primary N) is 1. The van der Waals surface area contributed by atoms with Crippen LogP contribution < -0.4 is 24.9 Å². The number of sulfonamides is 1. The van der Waals surface area contributed by atoms with Crippen LogP contribution >= 0.6 is 0 Å². The molecule has 0 atom stereocenters. The molecule has 3 aromatic rings. The third kappa shape index (κ3) is 7.31. The van der Waals surface area contributed by atoms with Crippen LogP contribution in [0.5, 0.6) is 11.5 Å². The van der Waals surface area contributed by atoms with Crippen LogP contribution in [0.2, 0.25) is 0 Å². The number of benzene rings is 3. The minimum atomic E-state index is -4.06. The fourth-order valence-corrected chi connectivity index (χ4v) is 4.48. The lowest BCUT2D eigenvalue weighted by atomic mass is 10.2. The van der Waals surface area contributed by atoms with E-state index in [2.05, 4.69) is 10.5 Å². The summed E-state index contributed by atoms with van der Waals surface area (Å²) < 4.78 is 38.3. The normalized spacial score (nSPS) is 11.1. The number of nitrogens with one attached hydrogen (secondary N) is 1. The first-order valence-electron chi connectivity index (χ1n) is 10.9. The van der Waals surface area contributed by atoms with Crippen molar-refractivity contribution in [2.24, 2.45) is 10.8 Å². The van der Waals surface area contributed by atoms with Gasteiger partial charge in [0, 0.05) is 0 Å². The Hall–Kier alpha value is -4.38. The van der Waals surface area contributed by atoms with Crippen molar-refractivity contribution in [3.05, 3.63) is 84.4 Å². The van der Waals surface area contributed by atoms with Gasteiger partial charge in [-0.1, -0.05) is 18.2 Å². The molecule has 3 N–H and O–H groups in total. The first kappa shape index (κ1) is 26.2. The molecule has 0 aliphatic heterocycles. The van der Waals surface area contributed by atoms with E-state index < -0.39 is 28.4 Å². The van der Waals surface area contributed by atoms with Crippen LogP contribution in [0, 0.1) is 0 Å². The molecule has 0 aliphatic rings. The number of para-hydroxylation sites is 1. The maximum absolute atomic E-state index is 13.4. The van der Waals surface area contributed by atoms with Gasteiger partial charge in [0.2, 0.25) is 0 Å². The number of amides is 2. The molecule has 0 radical (unpaired) electrons. The lowest BCUT2D eigenvalue weighted by Crippen LogP contribution is -2.39. The zero-order valence-corrected chi connectivity index (χ0v) is 20.4. The van der Waals surface area contributed by atoms with E-state index in [0.717, 1.165) is 4.31 Å². The highest BCUT2D eigenvalue weighted by atomic mass is 32.2. The number of nitrogens with zero attached hydrogens (tertiary/aromatic N) is 2. The van der Waals surface area contributed by atoms with E-state index in [1.807, 2.05) is 6.92 Å². The summed E-state index contributed by atoms with van der Waals surface area (Å²) in [5.41, 5.74) is 8.36. The van der Waals surface area contributed by atoms with Crippen LogP contribution in [0.15, 0.2) is 88.9 Å². The maximum Gasteiger partial charge on any atom is 0.264 e. The Morgan fingerprint density at radius 2 is 1.56 bits per heavy atom. The van der Waals surface area contributed by atoms with Crippen molar-refractivity contribution in [3.8, 4) is 11.5 Å². The van der Waals surface area contributed by atoms with Crippen LogP contribution in [-0.2, 0) is 19.6 Å². The molecule has 36 heavy (non-hydrogen) atoms. The predicted octanol–water partition coefficient (Wildman–Crippen LogP) is 2.29. The Bertz CT molecular complexity index is 1290. The molecule has 188 valence electrons. The summed E-state index contributed by atoms with van der Waals surface area (Å²) in [7, 11) is -4.06. The topological polar surface area (TPSA) is 140 Å². The molecule has 11 heteroatoms. The number of anilines is 1. The molecule has 0 unspecified atom stereocenters. The summed E-state index contributed by atoms with van der Waals surface area (Å²) in [5.74, 6) is -0.223. The van der Waals surface area contributed by atoms with E-state index in [9.17, 15) is 18.0 Å². The number of carbonyl (C=O) groups excluding carboxylic acids is 2. The number of hydrogen-bond donors (Lipinski definition) is 2. The highest BCUT2D eigenvalue weighted by Gasteiger charge is 2.27. The average molecular weight is 511 g/mol. The van der Waals surface area contributed by atoms with Crippen molar-refractivity contribution in [1.82, 2.24) is 5.43 Å². The largest absolute Gasteiger partial charge is 0.494 e. The van der Waals surface area contributed by atoms with Gasteiger partial charge in [-0.3, -0.25) is 13.9 Å². The Labute approximate surface area is 209 Å². The second-order valence-electron chi connectivity index (χ2n) is 7.37. The van der Waals surface area contributed by atoms with Crippen molar-refractivity contribution in [3.63, 3.8) is 0 Å².